The number of rotatable bonds is 3. The monoisotopic (exact) mass is 299 g/mol. The summed E-state index contributed by atoms with van der Waals surface area (Å²) < 4.78 is 32.5. The number of hydrogen-bond acceptors (Lipinski definition) is 3. The standard InChI is InChI=1S/C12H9ClO3S2/c13-17(14)11-5-1-9(2-6-11)10-3-7-12(8-4-10)18(15)16/h1-8H,(H,15,16)/p-1. The van der Waals surface area contributed by atoms with E-state index < -0.39 is 21.1 Å². The molecule has 2 unspecified atom stereocenters. The van der Waals surface area contributed by atoms with Crippen molar-refractivity contribution in [2.24, 2.45) is 0 Å². The van der Waals surface area contributed by atoms with Crippen LogP contribution in [0.1, 0.15) is 0 Å². The highest BCUT2D eigenvalue weighted by molar-refractivity contribution is 8.08. The second-order valence-corrected chi connectivity index (χ2v) is 6.21. The number of halogens is 1. The minimum absolute atomic E-state index is 0.247. The highest BCUT2D eigenvalue weighted by Gasteiger charge is 2.02. The molecule has 0 saturated carbocycles. The van der Waals surface area contributed by atoms with Gasteiger partial charge in [0.2, 0.25) is 0 Å². The second-order valence-electron chi connectivity index (χ2n) is 3.51. The fraction of sp³-hybridized carbons (Fsp3) is 0. The predicted molar refractivity (Wildman–Crippen MR) is 71.3 cm³/mol. The highest BCUT2D eigenvalue weighted by atomic mass is 35.7. The SMILES string of the molecule is O=S([O-])c1ccc(-c2ccc(S(=O)Cl)cc2)cc1. The average Bonchev–Trinajstić information content (AvgIpc) is 2.39. The summed E-state index contributed by atoms with van der Waals surface area (Å²) in [5.74, 6) is 0. The van der Waals surface area contributed by atoms with Crippen molar-refractivity contribution in [2.45, 2.75) is 9.79 Å². The van der Waals surface area contributed by atoms with Crippen LogP contribution in [0, 0.1) is 0 Å². The van der Waals surface area contributed by atoms with Gasteiger partial charge in [-0.3, -0.25) is 4.21 Å². The molecule has 0 saturated heterocycles. The van der Waals surface area contributed by atoms with Crippen LogP contribution < -0.4 is 0 Å². The molecule has 0 aromatic heterocycles. The van der Waals surface area contributed by atoms with Gasteiger partial charge in [-0.05, 0) is 57.2 Å². The molecule has 94 valence electrons. The van der Waals surface area contributed by atoms with Crippen molar-refractivity contribution in [3.63, 3.8) is 0 Å². The minimum Gasteiger partial charge on any atom is -0.768 e. The zero-order chi connectivity index (χ0) is 13.1. The van der Waals surface area contributed by atoms with Gasteiger partial charge in [0.25, 0.3) is 0 Å². The van der Waals surface area contributed by atoms with E-state index in [9.17, 15) is 13.0 Å². The van der Waals surface area contributed by atoms with Crippen molar-refractivity contribution in [1.82, 2.24) is 0 Å². The van der Waals surface area contributed by atoms with Crippen LogP contribution in [-0.4, -0.2) is 13.0 Å². The van der Waals surface area contributed by atoms with Crippen molar-refractivity contribution in [3.05, 3.63) is 48.5 Å². The van der Waals surface area contributed by atoms with Crippen LogP contribution in [0.3, 0.4) is 0 Å². The Morgan fingerprint density at radius 3 is 1.50 bits per heavy atom. The first-order chi connectivity index (χ1) is 8.58. The molecule has 0 amide bonds. The van der Waals surface area contributed by atoms with Crippen molar-refractivity contribution >= 4 is 31.8 Å². The van der Waals surface area contributed by atoms with Crippen molar-refractivity contribution in [2.75, 3.05) is 0 Å². The zero-order valence-corrected chi connectivity index (χ0v) is 11.4. The molecular weight excluding hydrogens is 292 g/mol. The first-order valence-electron chi connectivity index (χ1n) is 4.96. The summed E-state index contributed by atoms with van der Waals surface area (Å²) in [5.41, 5.74) is 1.79. The first-order valence-corrected chi connectivity index (χ1v) is 8.01. The molecule has 18 heavy (non-hydrogen) atoms. The van der Waals surface area contributed by atoms with Crippen LogP contribution in [0.4, 0.5) is 0 Å². The molecule has 2 aromatic rings. The van der Waals surface area contributed by atoms with Crippen LogP contribution in [0.5, 0.6) is 0 Å². The van der Waals surface area contributed by atoms with Crippen LogP contribution in [0.15, 0.2) is 58.3 Å². The van der Waals surface area contributed by atoms with Crippen LogP contribution >= 0.6 is 10.7 Å². The van der Waals surface area contributed by atoms with Gasteiger partial charge in [0.1, 0.15) is 10.0 Å². The van der Waals surface area contributed by atoms with Gasteiger partial charge in [-0.25, -0.2) is 4.21 Å². The summed E-state index contributed by atoms with van der Waals surface area (Å²) in [6.45, 7) is 0. The molecule has 0 fully saturated rings. The van der Waals surface area contributed by atoms with E-state index in [1.54, 1.807) is 36.4 Å². The van der Waals surface area contributed by atoms with Gasteiger partial charge in [0.15, 0.2) is 0 Å². The van der Waals surface area contributed by atoms with Crippen LogP contribution in [0.25, 0.3) is 11.1 Å². The molecule has 3 nitrogen and oxygen atoms in total. The molecular formula is C12H8ClO3S2-. The Balaban J connectivity index is 2.31. The normalized spacial score (nSPS) is 14.1. The Labute approximate surface area is 114 Å². The van der Waals surface area contributed by atoms with E-state index in [0.717, 1.165) is 11.1 Å². The maximum atomic E-state index is 11.0. The van der Waals surface area contributed by atoms with E-state index in [4.69, 9.17) is 10.7 Å². The van der Waals surface area contributed by atoms with E-state index in [1.165, 1.54) is 12.1 Å². The molecule has 2 rings (SSSR count). The Hall–Kier alpha value is -1.01. The summed E-state index contributed by atoms with van der Waals surface area (Å²) in [6, 6.07) is 13.4. The first kappa shape index (κ1) is 13.4. The van der Waals surface area contributed by atoms with Gasteiger partial charge >= 0.3 is 0 Å². The molecule has 0 spiro atoms. The summed E-state index contributed by atoms with van der Waals surface area (Å²) in [4.78, 5) is 0.787. The Morgan fingerprint density at radius 2 is 1.17 bits per heavy atom. The van der Waals surface area contributed by atoms with Gasteiger partial charge in [-0.1, -0.05) is 24.3 Å². The number of hydrogen-bond donors (Lipinski definition) is 0. The molecule has 0 heterocycles. The van der Waals surface area contributed by atoms with Gasteiger partial charge in [-0.15, -0.1) is 0 Å². The summed E-state index contributed by atoms with van der Waals surface area (Å²) in [5, 5.41) is 0. The van der Waals surface area contributed by atoms with E-state index in [0.29, 0.717) is 4.90 Å². The molecule has 6 heteroatoms. The molecule has 0 aliphatic carbocycles. The predicted octanol–water partition coefficient (Wildman–Crippen LogP) is 2.85. The molecule has 0 aliphatic rings. The van der Waals surface area contributed by atoms with Crippen molar-refractivity contribution < 1.29 is 13.0 Å². The molecule has 0 aliphatic heterocycles. The molecule has 2 atom stereocenters. The van der Waals surface area contributed by atoms with Gasteiger partial charge in [0.05, 0.1) is 4.90 Å². The fourth-order valence-corrected chi connectivity index (χ4v) is 2.53. The topological polar surface area (TPSA) is 57.2 Å². The quantitative estimate of drug-likeness (QED) is 0.647. The third-order valence-electron chi connectivity index (χ3n) is 2.42. The zero-order valence-electron chi connectivity index (χ0n) is 9.04. The van der Waals surface area contributed by atoms with Crippen molar-refractivity contribution in [3.8, 4) is 11.1 Å². The molecule has 0 bridgehead atoms. The lowest BCUT2D eigenvalue weighted by atomic mass is 10.1. The van der Waals surface area contributed by atoms with E-state index in [1.807, 2.05) is 0 Å². The Morgan fingerprint density at radius 1 is 0.778 bits per heavy atom. The third-order valence-corrected chi connectivity index (χ3v) is 4.25. The van der Waals surface area contributed by atoms with Gasteiger partial charge in [0, 0.05) is 4.90 Å². The maximum Gasteiger partial charge on any atom is 0.147 e. The Bertz CT molecular complexity index is 538. The van der Waals surface area contributed by atoms with Crippen LogP contribution in [0.2, 0.25) is 0 Å². The molecule has 0 radical (unpaired) electrons. The average molecular weight is 300 g/mol. The van der Waals surface area contributed by atoms with E-state index in [2.05, 4.69) is 0 Å². The second kappa shape index (κ2) is 5.75. The lowest BCUT2D eigenvalue weighted by Gasteiger charge is -2.07. The lowest BCUT2D eigenvalue weighted by molar-refractivity contribution is 0.537. The van der Waals surface area contributed by atoms with Gasteiger partial charge < -0.3 is 4.55 Å². The van der Waals surface area contributed by atoms with E-state index in [-0.39, 0.29) is 4.90 Å². The van der Waals surface area contributed by atoms with Crippen molar-refractivity contribution in [1.29, 1.82) is 0 Å². The largest absolute Gasteiger partial charge is 0.768 e. The summed E-state index contributed by atoms with van der Waals surface area (Å²) in [6.07, 6.45) is 0. The smallest absolute Gasteiger partial charge is 0.147 e. The fourth-order valence-electron chi connectivity index (χ4n) is 1.51. The Kier molecular flexibility index (Phi) is 4.29. The highest BCUT2D eigenvalue weighted by Crippen LogP contribution is 2.22. The maximum absolute atomic E-state index is 11.0. The lowest BCUT2D eigenvalue weighted by Crippen LogP contribution is -1.88. The van der Waals surface area contributed by atoms with Crippen LogP contribution in [-0.2, 0) is 21.1 Å². The molecule has 0 N–H and O–H groups in total. The summed E-state index contributed by atoms with van der Waals surface area (Å²) >= 11 is -2.21. The summed E-state index contributed by atoms with van der Waals surface area (Å²) in [7, 11) is 3.95. The number of benzene rings is 2. The third kappa shape index (κ3) is 3.05. The molecule has 2 aromatic carbocycles. The van der Waals surface area contributed by atoms with Gasteiger partial charge in [-0.2, -0.15) is 0 Å². The van der Waals surface area contributed by atoms with E-state index >= 15 is 0 Å². The minimum atomic E-state index is -2.21.